The van der Waals surface area contributed by atoms with Gasteiger partial charge in [0.15, 0.2) is 0 Å². The largest absolute Gasteiger partial charge is 0.312 e. The summed E-state index contributed by atoms with van der Waals surface area (Å²) >= 11 is 0. The molecule has 118 valence electrons. The van der Waals surface area contributed by atoms with Crippen molar-refractivity contribution in [3.05, 3.63) is 0 Å². The summed E-state index contributed by atoms with van der Waals surface area (Å²) in [6, 6.07) is 0.625. The number of piperidine rings is 1. The van der Waals surface area contributed by atoms with Gasteiger partial charge in [-0.3, -0.25) is 0 Å². The molecule has 2 nitrogen and oxygen atoms in total. The number of nitrogens with one attached hydrogen (secondary N) is 1. The molecule has 1 heterocycles. The molecule has 1 N–H and O–H groups in total. The lowest BCUT2D eigenvalue weighted by Crippen LogP contribution is -2.51. The fourth-order valence-corrected chi connectivity index (χ4v) is 4.06. The zero-order chi connectivity index (χ0) is 14.6. The maximum atomic E-state index is 3.78. The zero-order valence-electron chi connectivity index (χ0n) is 14.3. The topological polar surface area (TPSA) is 15.3 Å². The Morgan fingerprint density at radius 3 is 2.15 bits per heavy atom. The lowest BCUT2D eigenvalue weighted by Gasteiger charge is -2.43. The second kappa shape index (κ2) is 6.79. The first-order valence-corrected chi connectivity index (χ1v) is 8.91. The molecule has 0 amide bonds. The van der Waals surface area contributed by atoms with Crippen LogP contribution < -0.4 is 5.32 Å². The van der Waals surface area contributed by atoms with Crippen LogP contribution in [-0.4, -0.2) is 37.1 Å². The van der Waals surface area contributed by atoms with E-state index in [1.54, 1.807) is 0 Å². The lowest BCUT2D eigenvalue weighted by molar-refractivity contribution is 0.0844. The highest BCUT2D eigenvalue weighted by molar-refractivity contribution is 4.92. The smallest absolute Gasteiger partial charge is 0.0243 e. The molecule has 0 bridgehead atoms. The van der Waals surface area contributed by atoms with Crippen LogP contribution in [0.1, 0.15) is 72.6 Å². The predicted octanol–water partition coefficient (Wildman–Crippen LogP) is 4.06. The molecule has 2 aliphatic rings. The van der Waals surface area contributed by atoms with Gasteiger partial charge in [-0.05, 0) is 62.6 Å². The molecule has 1 atom stereocenters. The molecule has 2 rings (SSSR count). The SMILES string of the molecule is CCCNC(CN1CCC2(CCCC2)CC1)C(C)(C)C. The van der Waals surface area contributed by atoms with Crippen LogP contribution in [0.2, 0.25) is 0 Å². The van der Waals surface area contributed by atoms with Gasteiger partial charge < -0.3 is 10.2 Å². The lowest BCUT2D eigenvalue weighted by atomic mass is 9.76. The molecule has 20 heavy (non-hydrogen) atoms. The van der Waals surface area contributed by atoms with E-state index < -0.39 is 0 Å². The van der Waals surface area contributed by atoms with Crippen molar-refractivity contribution in [2.24, 2.45) is 10.8 Å². The van der Waals surface area contributed by atoms with Crippen molar-refractivity contribution in [2.45, 2.75) is 78.7 Å². The van der Waals surface area contributed by atoms with Gasteiger partial charge in [0.25, 0.3) is 0 Å². The van der Waals surface area contributed by atoms with E-state index in [0.29, 0.717) is 11.5 Å². The van der Waals surface area contributed by atoms with Crippen molar-refractivity contribution in [3.8, 4) is 0 Å². The molecule has 0 aromatic carbocycles. The van der Waals surface area contributed by atoms with E-state index in [9.17, 15) is 0 Å². The van der Waals surface area contributed by atoms with Gasteiger partial charge in [-0.1, -0.05) is 40.5 Å². The average Bonchev–Trinajstić information content (AvgIpc) is 2.84. The molecular formula is C18H36N2. The number of likely N-dealkylation sites (tertiary alicyclic amines) is 1. The van der Waals surface area contributed by atoms with Gasteiger partial charge in [0, 0.05) is 12.6 Å². The van der Waals surface area contributed by atoms with Crippen molar-refractivity contribution in [1.82, 2.24) is 10.2 Å². The average molecular weight is 280 g/mol. The molecule has 1 aliphatic carbocycles. The summed E-state index contributed by atoms with van der Waals surface area (Å²) in [6.45, 7) is 14.5. The van der Waals surface area contributed by atoms with Crippen molar-refractivity contribution < 1.29 is 0 Å². The second-order valence-electron chi connectivity index (χ2n) is 8.38. The Bertz CT molecular complexity index is 276. The third-order valence-corrected chi connectivity index (χ3v) is 5.71. The second-order valence-corrected chi connectivity index (χ2v) is 8.38. The van der Waals surface area contributed by atoms with Crippen LogP contribution in [0.15, 0.2) is 0 Å². The summed E-state index contributed by atoms with van der Waals surface area (Å²) in [5.74, 6) is 0. The van der Waals surface area contributed by atoms with Crippen LogP contribution in [0.4, 0.5) is 0 Å². The molecular weight excluding hydrogens is 244 g/mol. The standard InChI is InChI=1S/C18H36N2/c1-5-12-19-16(17(2,3)4)15-20-13-10-18(11-14-20)8-6-7-9-18/h16,19H,5-15H2,1-4H3. The molecule has 2 fully saturated rings. The van der Waals surface area contributed by atoms with Crippen LogP contribution >= 0.6 is 0 Å². The first kappa shape index (κ1) is 16.3. The molecule has 1 aliphatic heterocycles. The van der Waals surface area contributed by atoms with Crippen LogP contribution in [0.3, 0.4) is 0 Å². The van der Waals surface area contributed by atoms with Gasteiger partial charge in [-0.15, -0.1) is 0 Å². The molecule has 1 saturated carbocycles. The normalized spacial score (nSPS) is 25.2. The van der Waals surface area contributed by atoms with Crippen molar-refractivity contribution in [3.63, 3.8) is 0 Å². The number of hydrogen-bond donors (Lipinski definition) is 1. The van der Waals surface area contributed by atoms with E-state index in [-0.39, 0.29) is 0 Å². The van der Waals surface area contributed by atoms with Gasteiger partial charge in [0.05, 0.1) is 0 Å². The summed E-state index contributed by atoms with van der Waals surface area (Å²) < 4.78 is 0. The van der Waals surface area contributed by atoms with Crippen LogP contribution in [0.5, 0.6) is 0 Å². The first-order chi connectivity index (χ1) is 9.45. The molecule has 1 spiro atoms. The Morgan fingerprint density at radius 1 is 1.05 bits per heavy atom. The number of nitrogens with zero attached hydrogens (tertiary/aromatic N) is 1. The summed E-state index contributed by atoms with van der Waals surface area (Å²) in [7, 11) is 0. The third-order valence-electron chi connectivity index (χ3n) is 5.71. The highest BCUT2D eigenvalue weighted by Crippen LogP contribution is 2.46. The van der Waals surface area contributed by atoms with Crippen LogP contribution in [0, 0.1) is 10.8 Å². The van der Waals surface area contributed by atoms with E-state index in [2.05, 4.69) is 37.9 Å². The summed E-state index contributed by atoms with van der Waals surface area (Å²) in [6.07, 6.45) is 10.1. The van der Waals surface area contributed by atoms with Gasteiger partial charge in [-0.2, -0.15) is 0 Å². The Kier molecular flexibility index (Phi) is 5.53. The number of hydrogen-bond acceptors (Lipinski definition) is 2. The van der Waals surface area contributed by atoms with Gasteiger partial charge in [0.1, 0.15) is 0 Å². The Morgan fingerprint density at radius 2 is 1.65 bits per heavy atom. The highest BCUT2D eigenvalue weighted by atomic mass is 15.2. The summed E-state index contributed by atoms with van der Waals surface area (Å²) in [5, 5.41) is 3.78. The molecule has 1 saturated heterocycles. The first-order valence-electron chi connectivity index (χ1n) is 8.91. The van der Waals surface area contributed by atoms with Crippen LogP contribution in [0.25, 0.3) is 0 Å². The third kappa shape index (κ3) is 4.21. The Labute approximate surface area is 126 Å². The predicted molar refractivity (Wildman–Crippen MR) is 88.1 cm³/mol. The highest BCUT2D eigenvalue weighted by Gasteiger charge is 2.37. The molecule has 0 aromatic heterocycles. The molecule has 2 heteroatoms. The maximum Gasteiger partial charge on any atom is 0.0243 e. The van der Waals surface area contributed by atoms with Crippen molar-refractivity contribution in [2.75, 3.05) is 26.2 Å². The van der Waals surface area contributed by atoms with E-state index in [4.69, 9.17) is 0 Å². The maximum absolute atomic E-state index is 3.78. The van der Waals surface area contributed by atoms with Crippen molar-refractivity contribution >= 4 is 0 Å². The minimum atomic E-state index is 0.359. The molecule has 0 radical (unpaired) electrons. The van der Waals surface area contributed by atoms with Crippen LogP contribution in [-0.2, 0) is 0 Å². The van der Waals surface area contributed by atoms with E-state index in [1.807, 2.05) is 0 Å². The van der Waals surface area contributed by atoms with E-state index >= 15 is 0 Å². The quantitative estimate of drug-likeness (QED) is 0.817. The monoisotopic (exact) mass is 280 g/mol. The minimum Gasteiger partial charge on any atom is -0.312 e. The fourth-order valence-electron chi connectivity index (χ4n) is 4.06. The van der Waals surface area contributed by atoms with Gasteiger partial charge >= 0.3 is 0 Å². The molecule has 1 unspecified atom stereocenters. The van der Waals surface area contributed by atoms with E-state index in [1.165, 1.54) is 64.6 Å². The summed E-state index contributed by atoms with van der Waals surface area (Å²) in [5.41, 5.74) is 1.11. The van der Waals surface area contributed by atoms with Gasteiger partial charge in [-0.25, -0.2) is 0 Å². The van der Waals surface area contributed by atoms with Crippen molar-refractivity contribution in [1.29, 1.82) is 0 Å². The fraction of sp³-hybridized carbons (Fsp3) is 1.00. The van der Waals surface area contributed by atoms with E-state index in [0.717, 1.165) is 12.0 Å². The zero-order valence-corrected chi connectivity index (χ0v) is 14.3. The minimum absolute atomic E-state index is 0.359. The van der Waals surface area contributed by atoms with Gasteiger partial charge in [0.2, 0.25) is 0 Å². The Hall–Kier alpha value is -0.0800. The summed E-state index contributed by atoms with van der Waals surface area (Å²) in [4.78, 5) is 2.72. The number of rotatable bonds is 5. The molecule has 0 aromatic rings. The Balaban J connectivity index is 1.82.